The molecule has 1 unspecified atom stereocenters. The molecule has 108 valence electrons. The van der Waals surface area contributed by atoms with Crippen LogP contribution < -0.4 is 10.2 Å². The van der Waals surface area contributed by atoms with Crippen LogP contribution >= 0.6 is 0 Å². The summed E-state index contributed by atoms with van der Waals surface area (Å²) in [6.45, 7) is 7.40. The molecule has 20 heavy (non-hydrogen) atoms. The molecule has 7 heteroatoms. The lowest BCUT2D eigenvalue weighted by Crippen LogP contribution is -2.52. The van der Waals surface area contributed by atoms with Crippen LogP contribution in [-0.2, 0) is 4.74 Å². The van der Waals surface area contributed by atoms with E-state index in [0.717, 1.165) is 31.2 Å². The highest BCUT2D eigenvalue weighted by atomic mass is 16.5. The first-order chi connectivity index (χ1) is 9.75. The summed E-state index contributed by atoms with van der Waals surface area (Å²) in [5.74, 6) is 0.879. The van der Waals surface area contributed by atoms with Gasteiger partial charge in [0.25, 0.3) is 0 Å². The maximum absolute atomic E-state index is 5.61. The third-order valence-electron chi connectivity index (χ3n) is 3.46. The Morgan fingerprint density at radius 2 is 2.40 bits per heavy atom. The topological polar surface area (TPSA) is 67.6 Å². The van der Waals surface area contributed by atoms with E-state index in [1.165, 1.54) is 0 Å². The number of hydrogen-bond acceptors (Lipinski definition) is 6. The molecule has 1 N–H and O–H groups in total. The standard InChI is InChI=1S/C13H20N6O/c1-10(2)15-7-11-8-20-6-5-19(11)12-13-17-16-9-18(13)4-3-14-12/h3-4,9-11,15H,5-8H2,1-2H3. The number of anilines is 1. The molecule has 0 aliphatic carbocycles. The molecule has 1 fully saturated rings. The smallest absolute Gasteiger partial charge is 0.203 e. The van der Waals surface area contributed by atoms with Crippen molar-refractivity contribution in [3.63, 3.8) is 0 Å². The highest BCUT2D eigenvalue weighted by Gasteiger charge is 2.26. The Morgan fingerprint density at radius 1 is 1.50 bits per heavy atom. The summed E-state index contributed by atoms with van der Waals surface area (Å²) in [5, 5.41) is 11.6. The van der Waals surface area contributed by atoms with Crippen LogP contribution in [0.3, 0.4) is 0 Å². The number of morpholine rings is 1. The number of aromatic nitrogens is 4. The third-order valence-corrected chi connectivity index (χ3v) is 3.46. The van der Waals surface area contributed by atoms with E-state index in [4.69, 9.17) is 4.74 Å². The predicted octanol–water partition coefficient (Wildman–Crippen LogP) is 0.327. The third kappa shape index (κ3) is 2.59. The zero-order valence-corrected chi connectivity index (χ0v) is 11.9. The first kappa shape index (κ1) is 13.3. The predicted molar refractivity (Wildman–Crippen MR) is 75.9 cm³/mol. The minimum absolute atomic E-state index is 0.265. The second-order valence-corrected chi connectivity index (χ2v) is 5.30. The zero-order valence-electron chi connectivity index (χ0n) is 11.9. The van der Waals surface area contributed by atoms with Gasteiger partial charge in [-0.25, -0.2) is 4.98 Å². The largest absolute Gasteiger partial charge is 0.377 e. The molecule has 0 aromatic carbocycles. The highest BCUT2D eigenvalue weighted by molar-refractivity contribution is 5.64. The van der Waals surface area contributed by atoms with Gasteiger partial charge >= 0.3 is 0 Å². The highest BCUT2D eigenvalue weighted by Crippen LogP contribution is 2.20. The molecule has 1 aliphatic rings. The summed E-state index contributed by atoms with van der Waals surface area (Å²) >= 11 is 0. The quantitative estimate of drug-likeness (QED) is 0.868. The number of nitrogens with zero attached hydrogens (tertiary/aromatic N) is 5. The Hall–Kier alpha value is -1.73. The van der Waals surface area contributed by atoms with Crippen molar-refractivity contribution in [3.05, 3.63) is 18.7 Å². The fourth-order valence-corrected chi connectivity index (χ4v) is 2.42. The summed E-state index contributed by atoms with van der Waals surface area (Å²) in [4.78, 5) is 6.77. The summed E-state index contributed by atoms with van der Waals surface area (Å²) < 4.78 is 7.50. The minimum atomic E-state index is 0.265. The molecule has 1 aliphatic heterocycles. The molecule has 0 bridgehead atoms. The molecule has 3 rings (SSSR count). The van der Waals surface area contributed by atoms with E-state index in [1.807, 2.05) is 10.6 Å². The van der Waals surface area contributed by atoms with Crippen LogP contribution in [0.2, 0.25) is 0 Å². The second-order valence-electron chi connectivity index (χ2n) is 5.30. The molecule has 3 heterocycles. The summed E-state index contributed by atoms with van der Waals surface area (Å²) in [6, 6.07) is 0.720. The van der Waals surface area contributed by atoms with Crippen molar-refractivity contribution < 1.29 is 4.74 Å². The number of nitrogens with one attached hydrogen (secondary N) is 1. The molecule has 2 aromatic heterocycles. The van der Waals surface area contributed by atoms with Crippen LogP contribution in [0.4, 0.5) is 5.82 Å². The van der Waals surface area contributed by atoms with Crippen LogP contribution in [0.15, 0.2) is 18.7 Å². The zero-order chi connectivity index (χ0) is 13.9. The van der Waals surface area contributed by atoms with Crippen LogP contribution in [0.25, 0.3) is 5.65 Å². The summed E-state index contributed by atoms with van der Waals surface area (Å²) in [7, 11) is 0. The maximum Gasteiger partial charge on any atom is 0.203 e. The van der Waals surface area contributed by atoms with Crippen molar-refractivity contribution >= 4 is 11.5 Å². The first-order valence-electron chi connectivity index (χ1n) is 6.98. The molecular weight excluding hydrogens is 256 g/mol. The van der Waals surface area contributed by atoms with E-state index < -0.39 is 0 Å². The Labute approximate surface area is 118 Å². The van der Waals surface area contributed by atoms with Crippen LogP contribution in [-0.4, -0.2) is 58.0 Å². The SMILES string of the molecule is CC(C)NCC1COCCN1c1nccn2cnnc12. The maximum atomic E-state index is 5.61. The Bertz CT molecular complexity index is 569. The van der Waals surface area contributed by atoms with Gasteiger partial charge in [0.1, 0.15) is 6.33 Å². The number of fused-ring (bicyclic) bond motifs is 1. The van der Waals surface area contributed by atoms with Crippen LogP contribution in [0.5, 0.6) is 0 Å². The molecule has 0 amide bonds. The van der Waals surface area contributed by atoms with Crippen molar-refractivity contribution in [1.82, 2.24) is 24.9 Å². The molecule has 1 saturated heterocycles. The Balaban J connectivity index is 1.87. The van der Waals surface area contributed by atoms with Crippen molar-refractivity contribution in [2.75, 3.05) is 31.2 Å². The van der Waals surface area contributed by atoms with Gasteiger partial charge in [-0.3, -0.25) is 4.40 Å². The normalized spacial score (nSPS) is 19.9. The van der Waals surface area contributed by atoms with Gasteiger partial charge in [0.05, 0.1) is 19.3 Å². The lowest BCUT2D eigenvalue weighted by atomic mass is 10.2. The number of rotatable bonds is 4. The van der Waals surface area contributed by atoms with Gasteiger partial charge < -0.3 is 15.0 Å². The molecule has 7 nitrogen and oxygen atoms in total. The Kier molecular flexibility index (Phi) is 3.79. The van der Waals surface area contributed by atoms with Crippen LogP contribution in [0, 0.1) is 0 Å². The van der Waals surface area contributed by atoms with Gasteiger partial charge in [0.15, 0.2) is 5.82 Å². The van der Waals surface area contributed by atoms with E-state index in [0.29, 0.717) is 12.6 Å². The van der Waals surface area contributed by atoms with Crippen molar-refractivity contribution in [3.8, 4) is 0 Å². The van der Waals surface area contributed by atoms with Gasteiger partial charge in [0.2, 0.25) is 5.65 Å². The summed E-state index contributed by atoms with van der Waals surface area (Å²) in [5.41, 5.74) is 0.795. The number of ether oxygens (including phenoxy) is 1. The average molecular weight is 276 g/mol. The fraction of sp³-hybridized carbons (Fsp3) is 0.615. The van der Waals surface area contributed by atoms with E-state index >= 15 is 0 Å². The Morgan fingerprint density at radius 3 is 3.25 bits per heavy atom. The van der Waals surface area contributed by atoms with Crippen molar-refractivity contribution in [1.29, 1.82) is 0 Å². The molecule has 2 aromatic rings. The van der Waals surface area contributed by atoms with E-state index in [9.17, 15) is 0 Å². The van der Waals surface area contributed by atoms with E-state index in [1.54, 1.807) is 12.5 Å². The number of hydrogen-bond donors (Lipinski definition) is 1. The fourth-order valence-electron chi connectivity index (χ4n) is 2.42. The van der Waals surface area contributed by atoms with Gasteiger partial charge in [-0.05, 0) is 0 Å². The molecular formula is C13H20N6O. The van der Waals surface area contributed by atoms with Crippen molar-refractivity contribution in [2.45, 2.75) is 25.9 Å². The lowest BCUT2D eigenvalue weighted by Gasteiger charge is -2.36. The van der Waals surface area contributed by atoms with Crippen LogP contribution in [0.1, 0.15) is 13.8 Å². The molecule has 0 saturated carbocycles. The molecule has 0 radical (unpaired) electrons. The first-order valence-corrected chi connectivity index (χ1v) is 6.98. The minimum Gasteiger partial charge on any atom is -0.377 e. The van der Waals surface area contributed by atoms with Crippen molar-refractivity contribution in [2.24, 2.45) is 0 Å². The van der Waals surface area contributed by atoms with E-state index in [-0.39, 0.29) is 6.04 Å². The molecule has 0 spiro atoms. The van der Waals surface area contributed by atoms with Gasteiger partial charge in [-0.2, -0.15) is 0 Å². The lowest BCUT2D eigenvalue weighted by molar-refractivity contribution is 0.0929. The summed E-state index contributed by atoms with van der Waals surface area (Å²) in [6.07, 6.45) is 5.34. The van der Waals surface area contributed by atoms with E-state index in [2.05, 4.69) is 39.2 Å². The van der Waals surface area contributed by atoms with Gasteiger partial charge in [-0.1, -0.05) is 13.8 Å². The molecule has 1 atom stereocenters. The second kappa shape index (κ2) is 5.72. The van der Waals surface area contributed by atoms with Gasteiger partial charge in [0, 0.05) is 31.5 Å². The average Bonchev–Trinajstić information content (AvgIpc) is 2.93. The monoisotopic (exact) mass is 276 g/mol. The van der Waals surface area contributed by atoms with Gasteiger partial charge in [-0.15, -0.1) is 10.2 Å².